The first-order valence-corrected chi connectivity index (χ1v) is 8.78. The number of allylic oxidation sites excluding steroid dienone is 5. The number of halogens is 5. The number of benzene rings is 1. The Balaban J connectivity index is 2.08. The Hall–Kier alpha value is -2.90. The lowest BCUT2D eigenvalue weighted by molar-refractivity contribution is -0.0913. The smallest absolute Gasteiger partial charge is 0.289 e. The Bertz CT molecular complexity index is 1010. The molecule has 152 valence electrons. The molecule has 0 amide bonds. The van der Waals surface area contributed by atoms with Gasteiger partial charge in [-0.3, -0.25) is 14.6 Å². The molecule has 3 rings (SSSR count). The molecule has 0 atom stereocenters. The lowest BCUT2D eigenvalue weighted by atomic mass is 9.80. The van der Waals surface area contributed by atoms with Crippen LogP contribution in [0.15, 0.2) is 51.7 Å². The van der Waals surface area contributed by atoms with E-state index in [-0.39, 0.29) is 29.2 Å². The van der Waals surface area contributed by atoms with Crippen LogP contribution >= 0.6 is 0 Å². The molecule has 0 heterocycles. The van der Waals surface area contributed by atoms with Crippen molar-refractivity contribution < 1.29 is 31.5 Å². The van der Waals surface area contributed by atoms with Gasteiger partial charge in [0, 0.05) is 28.8 Å². The highest BCUT2D eigenvalue weighted by molar-refractivity contribution is 6.27. The van der Waals surface area contributed by atoms with Crippen LogP contribution in [0.3, 0.4) is 0 Å². The molecule has 1 fully saturated rings. The maximum absolute atomic E-state index is 14.2. The highest BCUT2D eigenvalue weighted by Crippen LogP contribution is 2.45. The molecule has 0 aromatic heterocycles. The fourth-order valence-electron chi connectivity index (χ4n) is 3.18. The van der Waals surface area contributed by atoms with Crippen molar-refractivity contribution in [1.82, 2.24) is 0 Å². The van der Waals surface area contributed by atoms with Crippen LogP contribution in [0.5, 0.6) is 0 Å². The molecule has 1 aromatic rings. The van der Waals surface area contributed by atoms with Crippen molar-refractivity contribution >= 4 is 18.3 Å². The summed E-state index contributed by atoms with van der Waals surface area (Å²) in [5.74, 6) is -3.91. The number of Topliss-reactive ketones (excluding diaryl/α,β-unsaturated/α-hetero) is 2. The van der Waals surface area contributed by atoms with Gasteiger partial charge in [0.1, 0.15) is 11.6 Å². The molecule has 0 radical (unpaired) electrons. The Morgan fingerprint density at radius 1 is 1.10 bits per heavy atom. The molecule has 3 nitrogen and oxygen atoms in total. The molecule has 0 unspecified atom stereocenters. The molecular weight excluding hydrogens is 393 g/mol. The van der Waals surface area contributed by atoms with E-state index in [1.807, 2.05) is 0 Å². The molecule has 29 heavy (non-hydrogen) atoms. The van der Waals surface area contributed by atoms with E-state index in [0.717, 1.165) is 31.2 Å². The Kier molecular flexibility index (Phi) is 5.38. The van der Waals surface area contributed by atoms with Crippen molar-refractivity contribution in [3.63, 3.8) is 0 Å². The predicted octanol–water partition coefficient (Wildman–Crippen LogP) is 5.53. The first-order chi connectivity index (χ1) is 13.6. The summed E-state index contributed by atoms with van der Waals surface area (Å²) in [4.78, 5) is 29.4. The number of hydrogen-bond donors (Lipinski definition) is 0. The van der Waals surface area contributed by atoms with Crippen molar-refractivity contribution in [3.05, 3.63) is 69.5 Å². The van der Waals surface area contributed by atoms with E-state index < -0.39 is 46.1 Å². The van der Waals surface area contributed by atoms with E-state index in [1.165, 1.54) is 0 Å². The average molecular weight is 409 g/mol. The predicted molar refractivity (Wildman–Crippen MR) is 96.8 cm³/mol. The number of hydrogen-bond acceptors (Lipinski definition) is 3. The first-order valence-electron chi connectivity index (χ1n) is 8.78. The molecule has 0 N–H and O–H groups in total. The molecule has 0 aliphatic heterocycles. The minimum Gasteiger partial charge on any atom is -0.289 e. The summed E-state index contributed by atoms with van der Waals surface area (Å²) in [5.41, 5.74) is -2.13. The molecule has 2 aliphatic rings. The molecule has 0 bridgehead atoms. The first kappa shape index (κ1) is 20.8. The van der Waals surface area contributed by atoms with Gasteiger partial charge in [-0.2, -0.15) is 13.2 Å². The summed E-state index contributed by atoms with van der Waals surface area (Å²) in [6.45, 7) is 4.16. The SMILES string of the molecule is C=N/C(=C\C=C(/C)C(F)(F)F)CC1=C(C2CC2)C(=O)c2c(F)ccc(F)c2C1=O. The summed E-state index contributed by atoms with van der Waals surface area (Å²) < 4.78 is 66.5. The molecule has 0 spiro atoms. The van der Waals surface area contributed by atoms with Crippen LogP contribution < -0.4 is 0 Å². The minimum atomic E-state index is -4.53. The number of carbonyl (C=O) groups is 2. The van der Waals surface area contributed by atoms with Crippen LogP contribution in [0, 0.1) is 17.6 Å². The van der Waals surface area contributed by atoms with Gasteiger partial charge < -0.3 is 0 Å². The zero-order chi connectivity index (χ0) is 21.5. The fraction of sp³-hybridized carbons (Fsp3) is 0.286. The Morgan fingerprint density at radius 2 is 1.66 bits per heavy atom. The van der Waals surface area contributed by atoms with E-state index in [4.69, 9.17) is 0 Å². The number of rotatable bonds is 5. The quantitative estimate of drug-likeness (QED) is 0.365. The number of ketones is 2. The third kappa shape index (κ3) is 3.97. The second kappa shape index (κ2) is 7.50. The second-order valence-electron chi connectivity index (χ2n) is 6.94. The summed E-state index contributed by atoms with van der Waals surface area (Å²) in [6.07, 6.45) is -1.79. The molecule has 1 saturated carbocycles. The largest absolute Gasteiger partial charge is 0.412 e. The van der Waals surface area contributed by atoms with Gasteiger partial charge in [-0.05, 0) is 50.6 Å². The van der Waals surface area contributed by atoms with E-state index in [9.17, 15) is 31.5 Å². The van der Waals surface area contributed by atoms with Gasteiger partial charge in [-0.25, -0.2) is 8.78 Å². The topological polar surface area (TPSA) is 46.5 Å². The van der Waals surface area contributed by atoms with E-state index in [1.54, 1.807) is 0 Å². The zero-order valence-electron chi connectivity index (χ0n) is 15.4. The monoisotopic (exact) mass is 409 g/mol. The summed E-state index contributed by atoms with van der Waals surface area (Å²) in [5, 5.41) is 0. The van der Waals surface area contributed by atoms with Crippen molar-refractivity contribution in [3.8, 4) is 0 Å². The number of alkyl halides is 3. The third-order valence-electron chi connectivity index (χ3n) is 4.92. The van der Waals surface area contributed by atoms with Gasteiger partial charge in [0.25, 0.3) is 0 Å². The highest BCUT2D eigenvalue weighted by atomic mass is 19.4. The van der Waals surface area contributed by atoms with Gasteiger partial charge in [0.05, 0.1) is 11.1 Å². The van der Waals surface area contributed by atoms with E-state index in [0.29, 0.717) is 12.8 Å². The van der Waals surface area contributed by atoms with Gasteiger partial charge in [0.15, 0.2) is 11.6 Å². The number of fused-ring (bicyclic) bond motifs is 1. The Labute approximate surface area is 163 Å². The van der Waals surface area contributed by atoms with Crippen molar-refractivity contribution in [2.24, 2.45) is 10.9 Å². The second-order valence-corrected chi connectivity index (χ2v) is 6.94. The molecule has 0 saturated heterocycles. The molecule has 8 heteroatoms. The van der Waals surface area contributed by atoms with Gasteiger partial charge in [-0.15, -0.1) is 0 Å². The maximum atomic E-state index is 14.2. The van der Waals surface area contributed by atoms with Gasteiger partial charge in [0.2, 0.25) is 0 Å². The fourth-order valence-corrected chi connectivity index (χ4v) is 3.18. The van der Waals surface area contributed by atoms with Crippen molar-refractivity contribution in [2.45, 2.75) is 32.4 Å². The normalized spacial score (nSPS) is 18.3. The van der Waals surface area contributed by atoms with Crippen LogP contribution in [0.1, 0.15) is 46.9 Å². The highest BCUT2D eigenvalue weighted by Gasteiger charge is 2.42. The van der Waals surface area contributed by atoms with Crippen LogP contribution in [0.4, 0.5) is 22.0 Å². The van der Waals surface area contributed by atoms with E-state index in [2.05, 4.69) is 11.7 Å². The van der Waals surface area contributed by atoms with Crippen molar-refractivity contribution in [1.29, 1.82) is 0 Å². The van der Waals surface area contributed by atoms with Gasteiger partial charge >= 0.3 is 6.18 Å². The maximum Gasteiger partial charge on any atom is 0.412 e. The standard InChI is InChI=1S/C21H16F5NO2/c1-10(21(24,25)26)3-6-12(27-2)9-13-16(11-4-5-11)20(29)18-15(23)8-7-14(22)17(18)19(13)28/h3,6-8,11H,2,4-5,9H2,1H3/b10-3+,12-6-. The molecular formula is C21H16F5NO2. The average Bonchev–Trinajstić information content (AvgIpc) is 3.48. The van der Waals surface area contributed by atoms with E-state index >= 15 is 0 Å². The number of carbonyl (C=O) groups excluding carboxylic acids is 2. The van der Waals surface area contributed by atoms with Crippen LogP contribution in [-0.2, 0) is 0 Å². The lowest BCUT2D eigenvalue weighted by Gasteiger charge is -2.22. The summed E-state index contributed by atoms with van der Waals surface area (Å²) in [6, 6.07) is 1.55. The zero-order valence-corrected chi connectivity index (χ0v) is 15.4. The molecule has 1 aromatic carbocycles. The minimum absolute atomic E-state index is 0.00293. The Morgan fingerprint density at radius 3 is 2.14 bits per heavy atom. The summed E-state index contributed by atoms with van der Waals surface area (Å²) in [7, 11) is 0. The van der Waals surface area contributed by atoms with Gasteiger partial charge in [-0.1, -0.05) is 6.08 Å². The van der Waals surface area contributed by atoms with Crippen LogP contribution in [-0.4, -0.2) is 24.5 Å². The molecule has 2 aliphatic carbocycles. The lowest BCUT2D eigenvalue weighted by Crippen LogP contribution is -2.26. The third-order valence-corrected chi connectivity index (χ3v) is 4.92. The number of nitrogens with zero attached hydrogens (tertiary/aromatic N) is 1. The van der Waals surface area contributed by atoms with Crippen molar-refractivity contribution in [2.75, 3.05) is 0 Å². The number of aliphatic imine (C=N–C) groups is 1. The summed E-state index contributed by atoms with van der Waals surface area (Å²) >= 11 is 0. The van der Waals surface area contributed by atoms with Crippen LogP contribution in [0.25, 0.3) is 0 Å². The van der Waals surface area contributed by atoms with Crippen LogP contribution in [0.2, 0.25) is 0 Å².